The number of carbonyl (C=O) groups excluding carboxylic acids is 1. The van der Waals surface area contributed by atoms with Crippen molar-refractivity contribution in [1.29, 1.82) is 0 Å². The molecular formula is C24H22Cl3FN2O3S. The molecule has 3 rings (SSSR count). The van der Waals surface area contributed by atoms with E-state index in [1.54, 1.807) is 44.2 Å². The molecule has 1 N–H and O–H groups in total. The molecule has 3 aromatic carbocycles. The summed E-state index contributed by atoms with van der Waals surface area (Å²) in [6.45, 7) is 4.69. The maximum atomic E-state index is 13.7. The number of rotatable bonds is 7. The van der Waals surface area contributed by atoms with E-state index >= 15 is 0 Å². The second kappa shape index (κ2) is 10.6. The third-order valence-corrected chi connectivity index (χ3v) is 8.20. The fourth-order valence-corrected chi connectivity index (χ4v) is 6.00. The lowest BCUT2D eigenvalue weighted by Gasteiger charge is -2.24. The van der Waals surface area contributed by atoms with Gasteiger partial charge in [0.1, 0.15) is 5.82 Å². The summed E-state index contributed by atoms with van der Waals surface area (Å²) in [6, 6.07) is 12.0. The number of hydrogen-bond acceptors (Lipinski definition) is 3. The molecule has 0 saturated carbocycles. The van der Waals surface area contributed by atoms with Crippen molar-refractivity contribution in [3.05, 3.63) is 91.7 Å². The predicted molar refractivity (Wildman–Crippen MR) is 135 cm³/mol. The molecule has 180 valence electrons. The van der Waals surface area contributed by atoms with E-state index in [1.165, 1.54) is 12.1 Å². The first kappa shape index (κ1) is 26.4. The van der Waals surface area contributed by atoms with Crippen LogP contribution in [0.15, 0.2) is 53.4 Å². The van der Waals surface area contributed by atoms with Crippen molar-refractivity contribution < 1.29 is 17.6 Å². The second-order valence-electron chi connectivity index (χ2n) is 7.93. The molecular weight excluding hydrogens is 522 g/mol. The Labute approximate surface area is 213 Å². The zero-order valence-electron chi connectivity index (χ0n) is 18.6. The van der Waals surface area contributed by atoms with E-state index in [0.29, 0.717) is 21.7 Å². The molecule has 34 heavy (non-hydrogen) atoms. The van der Waals surface area contributed by atoms with Gasteiger partial charge in [0.15, 0.2) is 0 Å². The SMILES string of the molecule is Cc1cc(C)c(S(=O)(=O)N(CC(=O)Nc2ccc(F)c(Cl)c2)Cc2ccc(Cl)c(Cl)c2)c(C)c1. The van der Waals surface area contributed by atoms with E-state index in [9.17, 15) is 17.6 Å². The number of carbonyl (C=O) groups is 1. The normalized spacial score (nSPS) is 11.6. The molecule has 0 aromatic heterocycles. The predicted octanol–water partition coefficient (Wildman–Crippen LogP) is 6.54. The zero-order chi connectivity index (χ0) is 25.2. The van der Waals surface area contributed by atoms with Crippen molar-refractivity contribution in [2.75, 3.05) is 11.9 Å². The van der Waals surface area contributed by atoms with Crippen LogP contribution in [0.5, 0.6) is 0 Å². The molecule has 0 aliphatic carbocycles. The van der Waals surface area contributed by atoms with Crippen LogP contribution in [0.3, 0.4) is 0 Å². The fourth-order valence-electron chi connectivity index (χ4n) is 3.70. The first-order chi connectivity index (χ1) is 15.9. The highest BCUT2D eigenvalue weighted by molar-refractivity contribution is 7.89. The Bertz CT molecular complexity index is 1340. The van der Waals surface area contributed by atoms with Crippen LogP contribution in [-0.4, -0.2) is 25.2 Å². The summed E-state index contributed by atoms with van der Waals surface area (Å²) in [5, 5.41) is 3.00. The van der Waals surface area contributed by atoms with Crippen molar-refractivity contribution in [1.82, 2.24) is 4.31 Å². The lowest BCUT2D eigenvalue weighted by Crippen LogP contribution is -2.38. The third kappa shape index (κ3) is 6.09. The molecule has 1 amide bonds. The van der Waals surface area contributed by atoms with Crippen LogP contribution >= 0.6 is 34.8 Å². The third-order valence-electron chi connectivity index (χ3n) is 5.07. The first-order valence-corrected chi connectivity index (χ1v) is 12.7. The molecule has 0 saturated heterocycles. The van der Waals surface area contributed by atoms with Crippen LogP contribution in [0.25, 0.3) is 0 Å². The molecule has 0 atom stereocenters. The Kier molecular flexibility index (Phi) is 8.26. The van der Waals surface area contributed by atoms with E-state index in [0.717, 1.165) is 15.9 Å². The van der Waals surface area contributed by atoms with Crippen LogP contribution in [0.4, 0.5) is 10.1 Å². The molecule has 0 fully saturated rings. The Morgan fingerprint density at radius 1 is 0.912 bits per heavy atom. The fraction of sp³-hybridized carbons (Fsp3) is 0.208. The number of nitrogens with zero attached hydrogens (tertiary/aromatic N) is 1. The van der Waals surface area contributed by atoms with Gasteiger partial charge in [-0.05, 0) is 67.8 Å². The maximum Gasteiger partial charge on any atom is 0.244 e. The number of hydrogen-bond donors (Lipinski definition) is 1. The standard InChI is InChI=1S/C24H22Cl3FN2O3S/c1-14-8-15(2)24(16(3)9-14)34(32,33)30(12-17-4-6-19(25)20(26)10-17)13-23(31)29-18-5-7-22(28)21(27)11-18/h4-11H,12-13H2,1-3H3,(H,29,31). The van der Waals surface area contributed by atoms with E-state index in [4.69, 9.17) is 34.8 Å². The van der Waals surface area contributed by atoms with Gasteiger partial charge in [-0.1, -0.05) is 58.6 Å². The van der Waals surface area contributed by atoms with Gasteiger partial charge >= 0.3 is 0 Å². The number of amides is 1. The van der Waals surface area contributed by atoms with Gasteiger partial charge in [0, 0.05) is 12.2 Å². The molecule has 0 aliphatic heterocycles. The van der Waals surface area contributed by atoms with Crippen molar-refractivity contribution in [3.63, 3.8) is 0 Å². The molecule has 0 bridgehead atoms. The Morgan fingerprint density at radius 3 is 2.15 bits per heavy atom. The first-order valence-electron chi connectivity index (χ1n) is 10.2. The highest BCUT2D eigenvalue weighted by atomic mass is 35.5. The minimum Gasteiger partial charge on any atom is -0.325 e. The van der Waals surface area contributed by atoms with Gasteiger partial charge in [-0.15, -0.1) is 0 Å². The highest BCUT2D eigenvalue weighted by Gasteiger charge is 2.30. The van der Waals surface area contributed by atoms with Gasteiger partial charge in [-0.3, -0.25) is 4.79 Å². The molecule has 0 radical (unpaired) electrons. The molecule has 0 aliphatic rings. The number of halogens is 4. The average molecular weight is 544 g/mol. The number of benzene rings is 3. The topological polar surface area (TPSA) is 66.5 Å². The highest BCUT2D eigenvalue weighted by Crippen LogP contribution is 2.28. The van der Waals surface area contributed by atoms with Gasteiger partial charge < -0.3 is 5.32 Å². The van der Waals surface area contributed by atoms with Crippen molar-refractivity contribution in [2.45, 2.75) is 32.2 Å². The molecule has 0 spiro atoms. The summed E-state index contributed by atoms with van der Waals surface area (Å²) in [7, 11) is -4.09. The van der Waals surface area contributed by atoms with E-state index in [2.05, 4.69) is 5.32 Å². The molecule has 3 aromatic rings. The molecule has 5 nitrogen and oxygen atoms in total. The van der Waals surface area contributed by atoms with Gasteiger partial charge in [0.25, 0.3) is 0 Å². The number of aryl methyl sites for hydroxylation is 3. The summed E-state index contributed by atoms with van der Waals surface area (Å²) in [4.78, 5) is 13.0. The molecule has 10 heteroatoms. The van der Waals surface area contributed by atoms with Crippen LogP contribution < -0.4 is 5.32 Å². The summed E-state index contributed by atoms with van der Waals surface area (Å²) in [5.41, 5.74) is 2.87. The lowest BCUT2D eigenvalue weighted by atomic mass is 10.1. The van der Waals surface area contributed by atoms with Crippen LogP contribution in [0, 0.1) is 26.6 Å². The van der Waals surface area contributed by atoms with Crippen molar-refractivity contribution >= 4 is 56.4 Å². The summed E-state index contributed by atoms with van der Waals surface area (Å²) >= 11 is 17.9. The quantitative estimate of drug-likeness (QED) is 0.368. The number of sulfonamides is 1. The molecule has 0 heterocycles. The number of anilines is 1. The van der Waals surface area contributed by atoms with E-state index < -0.39 is 28.3 Å². The minimum absolute atomic E-state index is 0.121. The summed E-state index contributed by atoms with van der Waals surface area (Å²) in [6.07, 6.45) is 0. The van der Waals surface area contributed by atoms with Crippen molar-refractivity contribution in [3.8, 4) is 0 Å². The lowest BCUT2D eigenvalue weighted by molar-refractivity contribution is -0.116. The summed E-state index contributed by atoms with van der Waals surface area (Å²) in [5.74, 6) is -1.25. The van der Waals surface area contributed by atoms with Gasteiger partial charge in [0.05, 0.1) is 26.5 Å². The van der Waals surface area contributed by atoms with Gasteiger partial charge in [-0.25, -0.2) is 12.8 Å². The average Bonchev–Trinajstić information content (AvgIpc) is 2.72. The monoisotopic (exact) mass is 542 g/mol. The zero-order valence-corrected chi connectivity index (χ0v) is 21.7. The van der Waals surface area contributed by atoms with Gasteiger partial charge in [-0.2, -0.15) is 4.31 Å². The van der Waals surface area contributed by atoms with Gasteiger partial charge in [0.2, 0.25) is 15.9 Å². The number of nitrogens with one attached hydrogen (secondary N) is 1. The Balaban J connectivity index is 1.98. The second-order valence-corrected chi connectivity index (χ2v) is 11.0. The summed E-state index contributed by atoms with van der Waals surface area (Å²) < 4.78 is 42.0. The van der Waals surface area contributed by atoms with E-state index in [1.807, 2.05) is 6.92 Å². The Morgan fingerprint density at radius 2 is 1.56 bits per heavy atom. The van der Waals surface area contributed by atoms with Crippen LogP contribution in [0.1, 0.15) is 22.3 Å². The van der Waals surface area contributed by atoms with Crippen LogP contribution in [0.2, 0.25) is 15.1 Å². The smallest absolute Gasteiger partial charge is 0.244 e. The van der Waals surface area contributed by atoms with E-state index in [-0.39, 0.29) is 27.2 Å². The van der Waals surface area contributed by atoms with Crippen molar-refractivity contribution in [2.24, 2.45) is 0 Å². The maximum absolute atomic E-state index is 13.7. The van der Waals surface area contributed by atoms with Crippen LogP contribution in [-0.2, 0) is 21.4 Å². The molecule has 0 unspecified atom stereocenters. The Hall–Kier alpha value is -2.16. The minimum atomic E-state index is -4.09. The largest absolute Gasteiger partial charge is 0.325 e.